The fourth-order valence-electron chi connectivity index (χ4n) is 3.21. The van der Waals surface area contributed by atoms with Crippen LogP contribution < -0.4 is 5.32 Å². The number of nitrogens with zero attached hydrogens (tertiary/aromatic N) is 2. The molecule has 0 saturated carbocycles. The maximum Gasteiger partial charge on any atom is 0.341 e. The summed E-state index contributed by atoms with van der Waals surface area (Å²) in [6.45, 7) is 2.19. The molecule has 1 amide bonds. The van der Waals surface area contributed by atoms with Gasteiger partial charge < -0.3 is 18.9 Å². The summed E-state index contributed by atoms with van der Waals surface area (Å²) in [7, 11) is 1.35. The molecule has 8 nitrogen and oxygen atoms in total. The second kappa shape index (κ2) is 8.42. The van der Waals surface area contributed by atoms with Gasteiger partial charge in [-0.05, 0) is 42.9 Å². The van der Waals surface area contributed by atoms with Crippen LogP contribution in [-0.4, -0.2) is 34.9 Å². The monoisotopic (exact) mass is 433 g/mol. The fourth-order valence-corrected chi connectivity index (χ4v) is 5.19. The molecule has 152 valence electrons. The van der Waals surface area contributed by atoms with Gasteiger partial charge in [-0.2, -0.15) is 0 Å². The first-order chi connectivity index (χ1) is 14.0. The number of rotatable bonds is 6. The van der Waals surface area contributed by atoms with Gasteiger partial charge in [0.15, 0.2) is 5.76 Å². The van der Waals surface area contributed by atoms with Gasteiger partial charge in [-0.1, -0.05) is 18.7 Å². The number of furan rings is 1. The highest BCUT2D eigenvalue weighted by Gasteiger charge is 2.29. The van der Waals surface area contributed by atoms with Crippen LogP contribution >= 0.6 is 23.1 Å². The molecule has 3 aromatic heterocycles. The Bertz CT molecular complexity index is 1020. The van der Waals surface area contributed by atoms with Crippen LogP contribution in [0.2, 0.25) is 0 Å². The lowest BCUT2D eigenvalue weighted by molar-refractivity contribution is -0.113. The first-order valence-corrected chi connectivity index (χ1v) is 10.9. The Morgan fingerprint density at radius 2 is 2.28 bits per heavy atom. The van der Waals surface area contributed by atoms with Crippen molar-refractivity contribution in [3.63, 3.8) is 0 Å². The Labute approximate surface area is 175 Å². The molecule has 0 aromatic carbocycles. The van der Waals surface area contributed by atoms with Crippen LogP contribution in [-0.2, 0) is 22.4 Å². The minimum absolute atomic E-state index is 0.0688. The van der Waals surface area contributed by atoms with Crippen molar-refractivity contribution in [1.29, 1.82) is 0 Å². The average Bonchev–Trinajstić information content (AvgIpc) is 3.44. The van der Waals surface area contributed by atoms with E-state index in [1.807, 2.05) is 0 Å². The maximum atomic E-state index is 12.5. The number of anilines is 1. The van der Waals surface area contributed by atoms with Crippen LogP contribution in [0.3, 0.4) is 0 Å². The highest BCUT2D eigenvalue weighted by Crippen LogP contribution is 2.40. The Morgan fingerprint density at radius 1 is 1.41 bits per heavy atom. The normalized spacial score (nSPS) is 15.7. The zero-order chi connectivity index (χ0) is 20.4. The van der Waals surface area contributed by atoms with Gasteiger partial charge >= 0.3 is 5.97 Å². The summed E-state index contributed by atoms with van der Waals surface area (Å²) in [5, 5.41) is 11.5. The number of thioether (sulfide) groups is 1. The summed E-state index contributed by atoms with van der Waals surface area (Å²) in [5.74, 6) is 0.677. The quantitative estimate of drug-likeness (QED) is 0.458. The molecule has 1 aliphatic rings. The standard InChI is InChI=1S/C19H19N3O5S2/c1-10-5-6-11-13(8-10)29-17(15(11)18(24)25-2)20-14(23)9-28-19-22-21-16(27-19)12-4-3-7-26-12/h3-4,7,10H,5-6,8-9H2,1-2H3,(H,20,23). The molecule has 29 heavy (non-hydrogen) atoms. The Kier molecular flexibility index (Phi) is 5.72. The van der Waals surface area contributed by atoms with Gasteiger partial charge in [0.2, 0.25) is 5.91 Å². The molecule has 1 aliphatic carbocycles. The zero-order valence-corrected chi connectivity index (χ0v) is 17.5. The number of thiophene rings is 1. The zero-order valence-electron chi connectivity index (χ0n) is 15.9. The van der Waals surface area contributed by atoms with Crippen LogP contribution in [0.5, 0.6) is 0 Å². The molecule has 1 unspecified atom stereocenters. The van der Waals surface area contributed by atoms with E-state index >= 15 is 0 Å². The third kappa shape index (κ3) is 4.23. The number of esters is 1. The van der Waals surface area contributed by atoms with Gasteiger partial charge in [0.1, 0.15) is 5.00 Å². The molecule has 0 aliphatic heterocycles. The fraction of sp³-hybridized carbons (Fsp3) is 0.368. The molecule has 10 heteroatoms. The molecule has 0 spiro atoms. The Hall–Kier alpha value is -2.59. The van der Waals surface area contributed by atoms with Gasteiger partial charge in [-0.15, -0.1) is 21.5 Å². The van der Waals surface area contributed by atoms with E-state index < -0.39 is 5.97 Å². The Morgan fingerprint density at radius 3 is 3.03 bits per heavy atom. The number of nitrogens with one attached hydrogen (secondary N) is 1. The SMILES string of the molecule is COC(=O)c1c(NC(=O)CSc2nnc(-c3ccco3)o2)sc2c1CCC(C)C2. The summed E-state index contributed by atoms with van der Waals surface area (Å²) >= 11 is 2.57. The van der Waals surface area contributed by atoms with Crippen LogP contribution in [0, 0.1) is 5.92 Å². The van der Waals surface area contributed by atoms with Crippen LogP contribution in [0.1, 0.15) is 34.1 Å². The average molecular weight is 434 g/mol. The van der Waals surface area contributed by atoms with Crippen molar-refractivity contribution in [3.05, 3.63) is 34.4 Å². The van der Waals surface area contributed by atoms with Crippen molar-refractivity contribution < 1.29 is 23.2 Å². The summed E-state index contributed by atoms with van der Waals surface area (Å²) in [4.78, 5) is 25.9. The highest BCUT2D eigenvalue weighted by atomic mass is 32.2. The molecule has 1 atom stereocenters. The second-order valence-electron chi connectivity index (χ2n) is 6.73. The number of ether oxygens (including phenoxy) is 1. The predicted molar refractivity (Wildman–Crippen MR) is 108 cm³/mol. The van der Waals surface area contributed by atoms with E-state index in [1.165, 1.54) is 24.7 Å². The Balaban J connectivity index is 1.44. The molecule has 3 aromatic rings. The number of methoxy groups -OCH3 is 1. The lowest BCUT2D eigenvalue weighted by Crippen LogP contribution is -2.17. The van der Waals surface area contributed by atoms with E-state index in [4.69, 9.17) is 13.6 Å². The maximum absolute atomic E-state index is 12.5. The molecule has 4 rings (SSSR count). The van der Waals surface area contributed by atoms with E-state index in [9.17, 15) is 9.59 Å². The largest absolute Gasteiger partial charge is 0.465 e. The number of hydrogen-bond donors (Lipinski definition) is 1. The second-order valence-corrected chi connectivity index (χ2v) is 8.77. The van der Waals surface area contributed by atoms with E-state index in [2.05, 4.69) is 22.4 Å². The first-order valence-electron chi connectivity index (χ1n) is 9.08. The van der Waals surface area contributed by atoms with Gasteiger partial charge in [0.05, 0.1) is 24.7 Å². The molecular weight excluding hydrogens is 414 g/mol. The van der Waals surface area contributed by atoms with Gasteiger partial charge in [-0.25, -0.2) is 4.79 Å². The molecule has 1 N–H and O–H groups in total. The van der Waals surface area contributed by atoms with Gasteiger partial charge in [0, 0.05) is 4.88 Å². The number of carbonyl (C=O) groups is 2. The molecule has 0 radical (unpaired) electrons. The first kappa shape index (κ1) is 19.7. The van der Waals surface area contributed by atoms with Crippen molar-refractivity contribution >= 4 is 40.0 Å². The number of carbonyl (C=O) groups excluding carboxylic acids is 2. The lowest BCUT2D eigenvalue weighted by Gasteiger charge is -2.18. The van der Waals surface area contributed by atoms with E-state index in [0.717, 1.165) is 41.5 Å². The van der Waals surface area contributed by atoms with Gasteiger partial charge in [0.25, 0.3) is 11.1 Å². The van der Waals surface area contributed by atoms with E-state index in [1.54, 1.807) is 12.1 Å². The third-order valence-electron chi connectivity index (χ3n) is 4.62. The summed E-state index contributed by atoms with van der Waals surface area (Å²) in [6.07, 6.45) is 4.26. The van der Waals surface area contributed by atoms with Crippen molar-refractivity contribution in [2.45, 2.75) is 31.4 Å². The summed E-state index contributed by atoms with van der Waals surface area (Å²) < 4.78 is 15.6. The van der Waals surface area contributed by atoms with Crippen LogP contribution in [0.15, 0.2) is 32.5 Å². The molecule has 3 heterocycles. The summed E-state index contributed by atoms with van der Waals surface area (Å²) in [6, 6.07) is 3.43. The van der Waals surface area contributed by atoms with Crippen LogP contribution in [0.4, 0.5) is 5.00 Å². The molecule has 0 saturated heterocycles. The smallest absolute Gasteiger partial charge is 0.341 e. The van der Waals surface area contributed by atoms with Crippen molar-refractivity contribution in [2.24, 2.45) is 5.92 Å². The minimum Gasteiger partial charge on any atom is -0.465 e. The number of amides is 1. The topological polar surface area (TPSA) is 107 Å². The minimum atomic E-state index is -0.417. The van der Waals surface area contributed by atoms with Crippen molar-refractivity contribution in [2.75, 3.05) is 18.2 Å². The van der Waals surface area contributed by atoms with E-state index in [-0.39, 0.29) is 22.8 Å². The molecular formula is C19H19N3O5S2. The lowest BCUT2D eigenvalue weighted by atomic mass is 9.88. The van der Waals surface area contributed by atoms with Gasteiger partial charge in [-0.3, -0.25) is 4.79 Å². The van der Waals surface area contributed by atoms with Crippen LogP contribution in [0.25, 0.3) is 11.7 Å². The predicted octanol–water partition coefficient (Wildman–Crippen LogP) is 4.03. The highest BCUT2D eigenvalue weighted by molar-refractivity contribution is 7.99. The third-order valence-corrected chi connectivity index (χ3v) is 6.61. The van der Waals surface area contributed by atoms with E-state index in [0.29, 0.717) is 22.2 Å². The number of fused-ring (bicyclic) bond motifs is 1. The molecule has 0 fully saturated rings. The number of aromatic nitrogens is 2. The summed E-state index contributed by atoms with van der Waals surface area (Å²) in [5.41, 5.74) is 1.48. The van der Waals surface area contributed by atoms with Crippen molar-refractivity contribution in [1.82, 2.24) is 10.2 Å². The molecule has 0 bridgehead atoms. The number of hydrogen-bond acceptors (Lipinski definition) is 9. The van der Waals surface area contributed by atoms with Crippen molar-refractivity contribution in [3.8, 4) is 11.7 Å².